The van der Waals surface area contributed by atoms with Crippen LogP contribution in [-0.2, 0) is 13.6 Å². The summed E-state index contributed by atoms with van der Waals surface area (Å²) in [5, 5.41) is 11.7. The molecule has 0 aromatic carbocycles. The van der Waals surface area contributed by atoms with Crippen molar-refractivity contribution in [3.63, 3.8) is 0 Å². The fourth-order valence-corrected chi connectivity index (χ4v) is 1.31. The van der Waals surface area contributed by atoms with Gasteiger partial charge >= 0.3 is 0 Å². The number of aliphatic hydroxyl groups excluding tert-OH is 1. The van der Waals surface area contributed by atoms with Gasteiger partial charge in [0.05, 0.1) is 6.61 Å². The van der Waals surface area contributed by atoms with Crippen LogP contribution < -0.4 is 10.8 Å². The summed E-state index contributed by atoms with van der Waals surface area (Å²) < 4.78 is 1.98. The van der Waals surface area contributed by atoms with Gasteiger partial charge in [0, 0.05) is 33.4 Å². The highest BCUT2D eigenvalue weighted by molar-refractivity contribution is 5.09. The number of rotatable bonds is 4. The first-order chi connectivity index (χ1) is 7.77. The molecule has 16 heavy (non-hydrogen) atoms. The van der Waals surface area contributed by atoms with Gasteiger partial charge in [0.25, 0.3) is 0 Å². The van der Waals surface area contributed by atoms with Gasteiger partial charge in [-0.3, -0.25) is 4.99 Å². The minimum atomic E-state index is 0.175. The van der Waals surface area contributed by atoms with E-state index >= 15 is 0 Å². The zero-order valence-electron chi connectivity index (χ0n) is 10.1. The van der Waals surface area contributed by atoms with Crippen molar-refractivity contribution in [3.8, 4) is 0 Å². The van der Waals surface area contributed by atoms with Gasteiger partial charge in [-0.2, -0.15) is 0 Å². The molecule has 0 radical (unpaired) electrons. The zero-order valence-corrected chi connectivity index (χ0v) is 10.1. The summed E-state index contributed by atoms with van der Waals surface area (Å²) in [7, 11) is 3.75. The maximum atomic E-state index is 8.60. The molecule has 0 aliphatic rings. The second-order valence-corrected chi connectivity index (χ2v) is 3.13. The number of pyridine rings is 1. The third-order valence-corrected chi connectivity index (χ3v) is 2.01. The second-order valence-electron chi connectivity index (χ2n) is 3.13. The first-order valence-electron chi connectivity index (χ1n) is 5.18. The molecule has 0 saturated heterocycles. The predicted molar refractivity (Wildman–Crippen MR) is 66.9 cm³/mol. The Labute approximate surface area is 97.0 Å². The summed E-state index contributed by atoms with van der Waals surface area (Å²) in [5.41, 5.74) is 2.14. The second kappa shape index (κ2) is 8.88. The van der Waals surface area contributed by atoms with Crippen molar-refractivity contribution in [3.05, 3.63) is 42.5 Å². The number of hydrogen-bond donors (Lipinski definition) is 2. The first kappa shape index (κ1) is 14.6. The molecule has 2 N–H and O–H groups in total. The van der Waals surface area contributed by atoms with Crippen LogP contribution in [0.25, 0.3) is 0 Å². The van der Waals surface area contributed by atoms with Crippen LogP contribution >= 0.6 is 0 Å². The molecular weight excluding hydrogens is 202 g/mol. The normalized spacial score (nSPS) is 10.8. The van der Waals surface area contributed by atoms with Crippen LogP contribution in [0, 0.1) is 0 Å². The summed E-state index contributed by atoms with van der Waals surface area (Å²) in [6.45, 7) is 7.58. The predicted octanol–water partition coefficient (Wildman–Crippen LogP) is 0.440. The van der Waals surface area contributed by atoms with Gasteiger partial charge in [0.1, 0.15) is 5.49 Å². The topological polar surface area (TPSA) is 49.6 Å². The molecule has 0 aliphatic heterocycles. The van der Waals surface area contributed by atoms with Crippen molar-refractivity contribution in [2.75, 3.05) is 20.2 Å². The number of nitrogens with zero attached hydrogens (tertiary/aromatic N) is 2. The molecule has 0 amide bonds. The van der Waals surface area contributed by atoms with Crippen molar-refractivity contribution in [1.29, 1.82) is 0 Å². The van der Waals surface area contributed by atoms with E-state index < -0.39 is 0 Å². The van der Waals surface area contributed by atoms with E-state index in [2.05, 4.69) is 23.5 Å². The van der Waals surface area contributed by atoms with Crippen LogP contribution in [0.5, 0.6) is 0 Å². The van der Waals surface area contributed by atoms with Crippen LogP contribution in [0.1, 0.15) is 5.56 Å². The fraction of sp³-hybridized carbons (Fsp3) is 0.417. The molecular formula is C12H21N3O. The zero-order chi connectivity index (χ0) is 12.4. The van der Waals surface area contributed by atoms with Crippen molar-refractivity contribution in [2.45, 2.75) is 6.54 Å². The lowest BCUT2D eigenvalue weighted by molar-refractivity contribution is 0.292. The average Bonchev–Trinajstić information content (AvgIpc) is 2.32. The lowest BCUT2D eigenvalue weighted by Crippen LogP contribution is -2.21. The number of aryl methyl sites for hydroxylation is 1. The molecule has 0 fully saturated rings. The molecule has 0 unspecified atom stereocenters. The van der Waals surface area contributed by atoms with Gasteiger partial charge in [0.2, 0.25) is 0 Å². The van der Waals surface area contributed by atoms with Crippen molar-refractivity contribution in [2.24, 2.45) is 12.0 Å². The summed E-state index contributed by atoms with van der Waals surface area (Å²) in [5.74, 6) is 0. The number of hydrogen-bond acceptors (Lipinski definition) is 3. The van der Waals surface area contributed by atoms with E-state index in [1.54, 1.807) is 7.05 Å². The highest BCUT2D eigenvalue weighted by Crippen LogP contribution is 1.93. The van der Waals surface area contributed by atoms with E-state index in [1.165, 1.54) is 5.56 Å². The van der Waals surface area contributed by atoms with Crippen molar-refractivity contribution in [1.82, 2.24) is 9.88 Å². The Balaban J connectivity index is 0.00000106. The largest absolute Gasteiger partial charge is 0.395 e. The minimum absolute atomic E-state index is 0.175. The van der Waals surface area contributed by atoms with Crippen LogP contribution in [0.3, 0.4) is 0 Å². The highest BCUT2D eigenvalue weighted by atomic mass is 16.3. The Hall–Kier alpha value is -1.39. The summed E-state index contributed by atoms with van der Waals surface area (Å²) in [6, 6.07) is 4.02. The molecule has 1 heterocycles. The smallest absolute Gasteiger partial charge is 0.126 e. The van der Waals surface area contributed by atoms with Gasteiger partial charge < -0.3 is 15.0 Å². The van der Waals surface area contributed by atoms with E-state index in [1.807, 2.05) is 29.9 Å². The molecule has 0 spiro atoms. The van der Waals surface area contributed by atoms with Gasteiger partial charge in [-0.1, -0.05) is 6.07 Å². The SMILES string of the molecule is C=C.CN=c1ccc(CNCCO)cn1C. The van der Waals surface area contributed by atoms with Gasteiger partial charge in [-0.05, 0) is 11.6 Å². The molecule has 4 heteroatoms. The third kappa shape index (κ3) is 4.91. The van der Waals surface area contributed by atoms with Crippen LogP contribution in [0.15, 0.2) is 36.5 Å². The Morgan fingerprint density at radius 1 is 1.44 bits per heavy atom. The summed E-state index contributed by atoms with van der Waals surface area (Å²) in [6.07, 6.45) is 2.03. The quantitative estimate of drug-likeness (QED) is 0.575. The Kier molecular flexibility index (Phi) is 8.11. The van der Waals surface area contributed by atoms with Gasteiger partial charge in [0.15, 0.2) is 0 Å². The fourth-order valence-electron chi connectivity index (χ4n) is 1.31. The monoisotopic (exact) mass is 223 g/mol. The number of aliphatic hydroxyl groups is 1. The molecule has 0 aliphatic carbocycles. The van der Waals surface area contributed by atoms with Crippen LogP contribution in [-0.4, -0.2) is 29.9 Å². The standard InChI is InChI=1S/C10H17N3O.C2H4/c1-11-10-4-3-9(8-13(10)2)7-12-5-6-14;1-2/h3-4,8,12,14H,5-7H2,1-2H3;1-2H2. The van der Waals surface area contributed by atoms with E-state index in [4.69, 9.17) is 5.11 Å². The minimum Gasteiger partial charge on any atom is -0.395 e. The van der Waals surface area contributed by atoms with Gasteiger partial charge in [-0.15, -0.1) is 13.2 Å². The number of nitrogens with one attached hydrogen (secondary N) is 1. The van der Waals surface area contributed by atoms with E-state index in [0.717, 1.165) is 12.0 Å². The average molecular weight is 223 g/mol. The Morgan fingerprint density at radius 2 is 2.12 bits per heavy atom. The molecule has 0 saturated carbocycles. The molecule has 1 aromatic heterocycles. The first-order valence-corrected chi connectivity index (χ1v) is 5.18. The van der Waals surface area contributed by atoms with E-state index in [-0.39, 0.29) is 6.61 Å². The van der Waals surface area contributed by atoms with Crippen molar-refractivity contribution < 1.29 is 5.11 Å². The highest BCUT2D eigenvalue weighted by Gasteiger charge is 1.93. The molecule has 1 rings (SSSR count). The van der Waals surface area contributed by atoms with Crippen LogP contribution in [0.2, 0.25) is 0 Å². The Morgan fingerprint density at radius 3 is 2.62 bits per heavy atom. The molecule has 90 valence electrons. The van der Waals surface area contributed by atoms with Crippen molar-refractivity contribution >= 4 is 0 Å². The summed E-state index contributed by atoms with van der Waals surface area (Å²) in [4.78, 5) is 4.11. The molecule has 0 atom stereocenters. The lowest BCUT2D eigenvalue weighted by atomic mass is 10.3. The molecule has 0 bridgehead atoms. The third-order valence-electron chi connectivity index (χ3n) is 2.01. The summed E-state index contributed by atoms with van der Waals surface area (Å²) >= 11 is 0. The van der Waals surface area contributed by atoms with E-state index in [0.29, 0.717) is 6.54 Å². The van der Waals surface area contributed by atoms with E-state index in [9.17, 15) is 0 Å². The lowest BCUT2D eigenvalue weighted by Gasteiger charge is -2.05. The number of aromatic nitrogens is 1. The van der Waals surface area contributed by atoms with Crippen LogP contribution in [0.4, 0.5) is 0 Å². The Bertz CT molecular complexity index is 358. The maximum Gasteiger partial charge on any atom is 0.126 e. The maximum absolute atomic E-state index is 8.60. The van der Waals surface area contributed by atoms with Gasteiger partial charge in [-0.25, -0.2) is 0 Å². The molecule has 4 nitrogen and oxygen atoms in total. The molecule has 1 aromatic rings.